The average molecular weight is 463 g/mol. The summed E-state index contributed by atoms with van der Waals surface area (Å²) < 4.78 is 17.1. The monoisotopic (exact) mass is 468 g/mol. The molecule has 2 aromatic carbocycles. The number of rotatable bonds is 0. The zero-order chi connectivity index (χ0) is 12.2. The van der Waals surface area contributed by atoms with Crippen LogP contribution in [0, 0.1) is 0 Å². The zero-order valence-electron chi connectivity index (χ0n) is 9.22. The van der Waals surface area contributed by atoms with Gasteiger partial charge in [0.1, 0.15) is 0 Å². The molecular formula is C12H8N4Te2. The Morgan fingerprint density at radius 2 is 0.778 bits per heavy atom. The van der Waals surface area contributed by atoms with Crippen LogP contribution in [0.2, 0.25) is 0 Å². The van der Waals surface area contributed by atoms with Gasteiger partial charge in [-0.1, -0.05) is 0 Å². The van der Waals surface area contributed by atoms with Crippen LogP contribution in [0.5, 0.6) is 0 Å². The van der Waals surface area contributed by atoms with Crippen molar-refractivity contribution < 1.29 is 0 Å². The molecule has 88 valence electrons. The molecule has 4 nitrogen and oxygen atoms in total. The van der Waals surface area contributed by atoms with Gasteiger partial charge in [0.2, 0.25) is 0 Å². The van der Waals surface area contributed by atoms with Gasteiger partial charge in [-0.3, -0.25) is 0 Å². The average Bonchev–Trinajstić information content (AvgIpc) is 3.08. The molecule has 0 aliphatic heterocycles. The standard InChI is InChI=1S/2C6H4N2Te/c2*1-2-4-6-5(3-1)7-9-8-6/h2*1-4H. The topological polar surface area (TPSA) is 51.6 Å². The molecule has 0 atom stereocenters. The molecular weight excluding hydrogens is 455 g/mol. The predicted molar refractivity (Wildman–Crippen MR) is 73.0 cm³/mol. The molecule has 0 bridgehead atoms. The Labute approximate surface area is 124 Å². The van der Waals surface area contributed by atoms with Gasteiger partial charge in [-0.15, -0.1) is 0 Å². The van der Waals surface area contributed by atoms with Gasteiger partial charge in [-0.25, -0.2) is 0 Å². The first-order valence-electron chi connectivity index (χ1n) is 5.28. The Morgan fingerprint density at radius 3 is 1.06 bits per heavy atom. The summed E-state index contributed by atoms with van der Waals surface area (Å²) in [6, 6.07) is 16.0. The van der Waals surface area contributed by atoms with Gasteiger partial charge in [0, 0.05) is 0 Å². The first kappa shape index (κ1) is 12.3. The second-order valence-corrected chi connectivity index (χ2v) is 6.52. The molecule has 0 saturated heterocycles. The van der Waals surface area contributed by atoms with Gasteiger partial charge in [-0.05, 0) is 0 Å². The van der Waals surface area contributed by atoms with E-state index >= 15 is 0 Å². The van der Waals surface area contributed by atoms with Crippen molar-refractivity contribution >= 4 is 64.1 Å². The van der Waals surface area contributed by atoms with E-state index in [1.54, 1.807) is 0 Å². The van der Waals surface area contributed by atoms with E-state index in [4.69, 9.17) is 0 Å². The Bertz CT molecular complexity index is 636. The van der Waals surface area contributed by atoms with Crippen LogP contribution in [0.25, 0.3) is 22.1 Å². The maximum atomic E-state index is 4.26. The molecule has 2 aromatic heterocycles. The van der Waals surface area contributed by atoms with E-state index in [1.165, 1.54) is 0 Å². The van der Waals surface area contributed by atoms with Crippen molar-refractivity contribution in [2.24, 2.45) is 0 Å². The normalized spacial score (nSPS) is 10.2. The molecule has 0 saturated carbocycles. The number of benzene rings is 2. The van der Waals surface area contributed by atoms with E-state index in [1.807, 2.05) is 48.5 Å². The van der Waals surface area contributed by atoms with Crippen LogP contribution in [0.15, 0.2) is 48.5 Å². The van der Waals surface area contributed by atoms with E-state index < -0.39 is 42.0 Å². The van der Waals surface area contributed by atoms with Crippen molar-refractivity contribution in [3.63, 3.8) is 0 Å². The van der Waals surface area contributed by atoms with Crippen LogP contribution < -0.4 is 0 Å². The third kappa shape index (κ3) is 2.79. The molecule has 4 rings (SSSR count). The van der Waals surface area contributed by atoms with Gasteiger partial charge in [0.25, 0.3) is 0 Å². The molecule has 6 heteroatoms. The van der Waals surface area contributed by atoms with Crippen molar-refractivity contribution in [3.05, 3.63) is 48.5 Å². The third-order valence-corrected chi connectivity index (χ3v) is 5.50. The molecule has 0 spiro atoms. The van der Waals surface area contributed by atoms with E-state index in [0.29, 0.717) is 0 Å². The van der Waals surface area contributed by atoms with Crippen molar-refractivity contribution in [2.75, 3.05) is 0 Å². The Kier molecular flexibility index (Phi) is 4.02. The van der Waals surface area contributed by atoms with E-state index in [2.05, 4.69) is 12.8 Å². The van der Waals surface area contributed by atoms with Gasteiger partial charge >= 0.3 is 125 Å². The molecule has 2 heterocycles. The Hall–Kier alpha value is -0.781. The van der Waals surface area contributed by atoms with Crippen LogP contribution in [0.1, 0.15) is 0 Å². The fraction of sp³-hybridized carbons (Fsp3) is 0. The summed E-state index contributed by atoms with van der Waals surface area (Å²) in [5, 5.41) is 0. The van der Waals surface area contributed by atoms with Crippen LogP contribution in [-0.2, 0) is 0 Å². The minimum atomic E-state index is -0.392. The predicted octanol–water partition coefficient (Wildman–Crippen LogP) is 1.37. The van der Waals surface area contributed by atoms with Crippen LogP contribution >= 0.6 is 0 Å². The fourth-order valence-corrected chi connectivity index (χ4v) is 4.45. The molecule has 0 fully saturated rings. The molecule has 0 N–H and O–H groups in total. The van der Waals surface area contributed by atoms with E-state index in [0.717, 1.165) is 22.1 Å². The first-order chi connectivity index (χ1) is 8.93. The van der Waals surface area contributed by atoms with Crippen molar-refractivity contribution in [2.45, 2.75) is 0 Å². The van der Waals surface area contributed by atoms with E-state index in [-0.39, 0.29) is 0 Å². The second kappa shape index (κ2) is 5.91. The summed E-state index contributed by atoms with van der Waals surface area (Å²) in [6.45, 7) is 0. The summed E-state index contributed by atoms with van der Waals surface area (Å²) >= 11 is -0.783. The summed E-state index contributed by atoms with van der Waals surface area (Å²) in [6.07, 6.45) is 0. The first-order valence-corrected chi connectivity index (χ1v) is 9.45. The molecule has 0 amide bonds. The molecule has 18 heavy (non-hydrogen) atoms. The number of fused-ring (bicyclic) bond motifs is 2. The maximum absolute atomic E-state index is 4.26. The van der Waals surface area contributed by atoms with Crippen molar-refractivity contribution in [1.82, 2.24) is 12.8 Å². The second-order valence-electron chi connectivity index (χ2n) is 3.51. The Morgan fingerprint density at radius 1 is 0.500 bits per heavy atom. The third-order valence-electron chi connectivity index (χ3n) is 2.32. The quantitative estimate of drug-likeness (QED) is 0.370. The number of nitrogens with zero attached hydrogens (tertiary/aromatic N) is 4. The van der Waals surface area contributed by atoms with Gasteiger partial charge < -0.3 is 0 Å². The molecule has 4 aromatic rings. The van der Waals surface area contributed by atoms with Crippen molar-refractivity contribution in [1.29, 1.82) is 0 Å². The summed E-state index contributed by atoms with van der Waals surface area (Å²) in [4.78, 5) is 0. The number of aromatic nitrogens is 4. The molecule has 0 unspecified atom stereocenters. The molecule has 0 aliphatic rings. The van der Waals surface area contributed by atoms with Gasteiger partial charge in [0.05, 0.1) is 0 Å². The van der Waals surface area contributed by atoms with Crippen LogP contribution in [0.4, 0.5) is 0 Å². The van der Waals surface area contributed by atoms with Gasteiger partial charge in [0.15, 0.2) is 0 Å². The number of hydrogen-bond acceptors (Lipinski definition) is 4. The van der Waals surface area contributed by atoms with E-state index in [9.17, 15) is 0 Å². The van der Waals surface area contributed by atoms with Gasteiger partial charge in [-0.2, -0.15) is 0 Å². The molecule has 0 aliphatic carbocycles. The SMILES string of the molecule is c1ccc2n[te]nc2c1.c1ccc2n[te]nc2c1. The summed E-state index contributed by atoms with van der Waals surface area (Å²) in [7, 11) is 0. The Balaban J connectivity index is 0.000000111. The van der Waals surface area contributed by atoms with Crippen LogP contribution in [0.3, 0.4) is 0 Å². The van der Waals surface area contributed by atoms with Crippen LogP contribution in [-0.4, -0.2) is 54.8 Å². The summed E-state index contributed by atoms with van der Waals surface area (Å²) in [5.74, 6) is 0. The zero-order valence-corrected chi connectivity index (χ0v) is 13.9. The molecule has 0 radical (unpaired) electrons. The fourth-order valence-electron chi connectivity index (χ4n) is 1.45. The minimum absolute atomic E-state index is 0.392. The number of hydrogen-bond donors (Lipinski definition) is 0. The summed E-state index contributed by atoms with van der Waals surface area (Å²) in [5.41, 5.74) is 4.33. The van der Waals surface area contributed by atoms with Crippen molar-refractivity contribution in [3.8, 4) is 0 Å².